The van der Waals surface area contributed by atoms with Crippen LogP contribution in [0.5, 0.6) is 5.75 Å². The molecule has 1 fully saturated rings. The van der Waals surface area contributed by atoms with Crippen LogP contribution in [0.4, 0.5) is 0 Å². The molecule has 2 aromatic carbocycles. The Hall–Kier alpha value is -2.19. The Morgan fingerprint density at radius 3 is 2.63 bits per heavy atom. The van der Waals surface area contributed by atoms with E-state index in [4.69, 9.17) is 28.6 Å². The molecule has 8 heteroatoms. The zero-order chi connectivity index (χ0) is 21.4. The Labute approximate surface area is 192 Å². The standard InChI is InChI=1S/C22H16ClNO3S3/c1-3-24-20(25)17(30-22(24)28)11-13-5-7-14(8-6-13)27-21(26)19-18(23)15-9-4-12(2)10-16(15)29-19/h4-11H,3H2,1-2H3. The highest BCUT2D eigenvalue weighted by atomic mass is 35.5. The first-order chi connectivity index (χ1) is 14.4. The zero-order valence-electron chi connectivity index (χ0n) is 16.1. The second kappa shape index (κ2) is 8.51. The molecule has 3 aromatic rings. The summed E-state index contributed by atoms with van der Waals surface area (Å²) in [5, 5.41) is 1.26. The third-order valence-electron chi connectivity index (χ3n) is 4.55. The average Bonchev–Trinajstić information content (AvgIpc) is 3.18. The molecule has 0 bridgehead atoms. The number of carbonyl (C=O) groups excluding carboxylic acids is 2. The van der Waals surface area contributed by atoms with Crippen LogP contribution < -0.4 is 4.74 Å². The van der Waals surface area contributed by atoms with Crippen molar-refractivity contribution >= 4 is 79.3 Å². The molecule has 0 saturated carbocycles. The van der Waals surface area contributed by atoms with Crippen LogP contribution in [0.3, 0.4) is 0 Å². The van der Waals surface area contributed by atoms with Gasteiger partial charge in [0.25, 0.3) is 5.91 Å². The van der Waals surface area contributed by atoms with E-state index < -0.39 is 5.97 Å². The highest BCUT2D eigenvalue weighted by Gasteiger charge is 2.30. The third kappa shape index (κ3) is 4.03. The first-order valence-corrected chi connectivity index (χ1v) is 11.6. The van der Waals surface area contributed by atoms with E-state index in [1.165, 1.54) is 23.1 Å². The van der Waals surface area contributed by atoms with Gasteiger partial charge in [-0.2, -0.15) is 0 Å². The van der Waals surface area contributed by atoms with Crippen LogP contribution in [0, 0.1) is 6.92 Å². The van der Waals surface area contributed by atoms with E-state index >= 15 is 0 Å². The lowest BCUT2D eigenvalue weighted by Gasteiger charge is -2.09. The summed E-state index contributed by atoms with van der Waals surface area (Å²) in [5.41, 5.74) is 1.92. The van der Waals surface area contributed by atoms with Gasteiger partial charge in [0.2, 0.25) is 0 Å². The van der Waals surface area contributed by atoms with E-state index in [1.54, 1.807) is 35.2 Å². The number of fused-ring (bicyclic) bond motifs is 1. The summed E-state index contributed by atoms with van der Waals surface area (Å²) in [6.45, 7) is 4.43. The number of thioether (sulfide) groups is 1. The summed E-state index contributed by atoms with van der Waals surface area (Å²) < 4.78 is 7.02. The van der Waals surface area contributed by atoms with Gasteiger partial charge >= 0.3 is 5.97 Å². The molecule has 0 aliphatic carbocycles. The van der Waals surface area contributed by atoms with E-state index in [0.29, 0.717) is 31.4 Å². The predicted octanol–water partition coefficient (Wildman–Crippen LogP) is 6.30. The molecular weight excluding hydrogens is 458 g/mol. The van der Waals surface area contributed by atoms with Crippen molar-refractivity contribution in [2.45, 2.75) is 13.8 Å². The Bertz CT molecular complexity index is 1210. The van der Waals surface area contributed by atoms with Gasteiger partial charge in [-0.15, -0.1) is 11.3 Å². The van der Waals surface area contributed by atoms with Gasteiger partial charge in [-0.05, 0) is 49.2 Å². The van der Waals surface area contributed by atoms with Gasteiger partial charge in [0.15, 0.2) is 0 Å². The Morgan fingerprint density at radius 2 is 1.97 bits per heavy atom. The highest BCUT2D eigenvalue weighted by Crippen LogP contribution is 2.37. The monoisotopic (exact) mass is 473 g/mol. The first kappa shape index (κ1) is 21.1. The predicted molar refractivity (Wildman–Crippen MR) is 129 cm³/mol. The second-order valence-electron chi connectivity index (χ2n) is 6.63. The number of thiophene rings is 1. The average molecular weight is 474 g/mol. The van der Waals surface area contributed by atoms with Crippen molar-refractivity contribution in [2.24, 2.45) is 0 Å². The van der Waals surface area contributed by atoms with Gasteiger partial charge in [0, 0.05) is 16.6 Å². The van der Waals surface area contributed by atoms with Gasteiger partial charge in [0.1, 0.15) is 14.9 Å². The molecule has 152 valence electrons. The molecule has 2 heterocycles. The molecule has 30 heavy (non-hydrogen) atoms. The molecule has 0 radical (unpaired) electrons. The summed E-state index contributed by atoms with van der Waals surface area (Å²) in [4.78, 5) is 27.5. The Morgan fingerprint density at radius 1 is 1.23 bits per heavy atom. The molecule has 0 unspecified atom stereocenters. The van der Waals surface area contributed by atoms with E-state index in [-0.39, 0.29) is 5.91 Å². The number of esters is 1. The second-order valence-corrected chi connectivity index (χ2v) is 9.74. The SMILES string of the molecule is CCN1C(=O)C(=Cc2ccc(OC(=O)c3sc4cc(C)ccc4c3Cl)cc2)SC1=S. The number of carbonyl (C=O) groups is 2. The quantitative estimate of drug-likeness (QED) is 0.192. The van der Waals surface area contributed by atoms with Crippen molar-refractivity contribution in [2.75, 3.05) is 6.54 Å². The van der Waals surface area contributed by atoms with Crippen LogP contribution in [0.1, 0.15) is 27.7 Å². The molecule has 0 atom stereocenters. The number of likely N-dealkylation sites (N-methyl/N-ethyl adjacent to an activating group) is 1. The van der Waals surface area contributed by atoms with Gasteiger partial charge in [0.05, 0.1) is 9.93 Å². The summed E-state index contributed by atoms with van der Waals surface area (Å²) in [5.74, 6) is -0.170. The number of benzene rings is 2. The number of thiocarbonyl (C=S) groups is 1. The van der Waals surface area contributed by atoms with Crippen LogP contribution in [0.2, 0.25) is 5.02 Å². The van der Waals surface area contributed by atoms with E-state index in [1.807, 2.05) is 32.0 Å². The lowest BCUT2D eigenvalue weighted by atomic mass is 10.2. The summed E-state index contributed by atoms with van der Waals surface area (Å²) in [6, 6.07) is 12.8. The Kier molecular flexibility index (Phi) is 5.97. The molecule has 1 aliphatic heterocycles. The fourth-order valence-corrected chi connectivity index (χ4v) is 5.88. The molecule has 4 rings (SSSR count). The lowest BCUT2D eigenvalue weighted by Crippen LogP contribution is -2.27. The van der Waals surface area contributed by atoms with Crippen molar-refractivity contribution in [1.29, 1.82) is 0 Å². The summed E-state index contributed by atoms with van der Waals surface area (Å²) in [7, 11) is 0. The number of amides is 1. The minimum absolute atomic E-state index is 0.0855. The van der Waals surface area contributed by atoms with Crippen molar-refractivity contribution in [3.05, 3.63) is 68.4 Å². The molecule has 1 aliphatic rings. The van der Waals surface area contributed by atoms with Crippen molar-refractivity contribution in [1.82, 2.24) is 4.90 Å². The Balaban J connectivity index is 1.51. The van der Waals surface area contributed by atoms with E-state index in [2.05, 4.69) is 0 Å². The van der Waals surface area contributed by atoms with Crippen molar-refractivity contribution in [3.63, 3.8) is 0 Å². The smallest absolute Gasteiger partial charge is 0.355 e. The first-order valence-electron chi connectivity index (χ1n) is 9.13. The largest absolute Gasteiger partial charge is 0.422 e. The normalized spacial score (nSPS) is 15.4. The number of aryl methyl sites for hydroxylation is 1. The van der Waals surface area contributed by atoms with Crippen LogP contribution in [-0.4, -0.2) is 27.6 Å². The van der Waals surface area contributed by atoms with Crippen molar-refractivity contribution in [3.8, 4) is 5.75 Å². The van der Waals surface area contributed by atoms with Crippen LogP contribution in [0.15, 0.2) is 47.4 Å². The maximum absolute atomic E-state index is 12.6. The van der Waals surface area contributed by atoms with Gasteiger partial charge < -0.3 is 4.74 Å². The highest BCUT2D eigenvalue weighted by molar-refractivity contribution is 8.26. The lowest BCUT2D eigenvalue weighted by molar-refractivity contribution is -0.121. The summed E-state index contributed by atoms with van der Waals surface area (Å²) >= 11 is 14.2. The topological polar surface area (TPSA) is 46.6 Å². The summed E-state index contributed by atoms with van der Waals surface area (Å²) in [6.07, 6.45) is 1.78. The number of hydrogen-bond acceptors (Lipinski definition) is 6. The fraction of sp³-hybridized carbons (Fsp3) is 0.136. The molecule has 0 N–H and O–H groups in total. The molecule has 0 spiro atoms. The maximum atomic E-state index is 12.6. The van der Waals surface area contributed by atoms with Crippen molar-refractivity contribution < 1.29 is 14.3 Å². The van der Waals surface area contributed by atoms with Crippen LogP contribution in [0.25, 0.3) is 16.2 Å². The van der Waals surface area contributed by atoms with Crippen LogP contribution in [-0.2, 0) is 4.79 Å². The van der Waals surface area contributed by atoms with Gasteiger partial charge in [-0.25, -0.2) is 4.79 Å². The molecule has 4 nitrogen and oxygen atoms in total. The molecule has 1 saturated heterocycles. The minimum Gasteiger partial charge on any atom is -0.422 e. The van der Waals surface area contributed by atoms with E-state index in [9.17, 15) is 9.59 Å². The third-order valence-corrected chi connectivity index (χ3v) is 7.56. The number of nitrogens with zero attached hydrogens (tertiary/aromatic N) is 1. The minimum atomic E-state index is -0.490. The number of halogens is 1. The van der Waals surface area contributed by atoms with Gasteiger partial charge in [-0.1, -0.05) is 59.8 Å². The number of hydrogen-bond donors (Lipinski definition) is 0. The van der Waals surface area contributed by atoms with Gasteiger partial charge in [-0.3, -0.25) is 9.69 Å². The number of ether oxygens (including phenoxy) is 1. The maximum Gasteiger partial charge on any atom is 0.355 e. The molecular formula is C22H16ClNO3S3. The van der Waals surface area contributed by atoms with Crippen LogP contribution >= 0.6 is 46.9 Å². The van der Waals surface area contributed by atoms with E-state index in [0.717, 1.165) is 21.2 Å². The fourth-order valence-electron chi connectivity index (χ4n) is 3.01. The molecule has 1 aromatic heterocycles. The zero-order valence-corrected chi connectivity index (χ0v) is 19.3. The molecule has 1 amide bonds. The number of rotatable bonds is 4.